The second-order valence-electron chi connectivity index (χ2n) is 4.66. The molecule has 20 heavy (non-hydrogen) atoms. The monoisotopic (exact) mass is 283 g/mol. The van der Waals surface area contributed by atoms with Gasteiger partial charge >= 0.3 is 0 Å². The Morgan fingerprint density at radius 1 is 1.20 bits per heavy atom. The Morgan fingerprint density at radius 3 is 2.90 bits per heavy atom. The van der Waals surface area contributed by atoms with Crippen LogP contribution in [0.3, 0.4) is 0 Å². The van der Waals surface area contributed by atoms with Gasteiger partial charge in [-0.05, 0) is 30.0 Å². The molecule has 0 bridgehead atoms. The first-order valence-corrected chi connectivity index (χ1v) is 7.57. The number of thiophene rings is 1. The van der Waals surface area contributed by atoms with E-state index in [1.54, 1.807) is 11.3 Å². The Bertz CT molecular complexity index is 671. The Balaban J connectivity index is 1.65. The molecule has 0 aliphatic carbocycles. The fourth-order valence-corrected chi connectivity index (χ4v) is 2.94. The van der Waals surface area contributed by atoms with Crippen molar-refractivity contribution in [2.45, 2.75) is 13.5 Å². The van der Waals surface area contributed by atoms with Crippen molar-refractivity contribution < 1.29 is 0 Å². The number of nitrogens with zero attached hydrogens (tertiary/aromatic N) is 2. The van der Waals surface area contributed by atoms with Crippen LogP contribution in [0, 0.1) is 6.92 Å². The lowest BCUT2D eigenvalue weighted by atomic mass is 10.2. The fourth-order valence-electron chi connectivity index (χ4n) is 2.20. The lowest BCUT2D eigenvalue weighted by Gasteiger charge is -2.11. The Kier molecular flexibility index (Phi) is 3.83. The molecule has 3 rings (SSSR count). The van der Waals surface area contributed by atoms with Crippen LogP contribution < -0.4 is 5.32 Å². The van der Waals surface area contributed by atoms with Crippen LogP contribution in [-0.4, -0.2) is 16.1 Å². The lowest BCUT2D eigenvalue weighted by molar-refractivity contribution is 0.736. The highest BCUT2D eigenvalue weighted by Crippen LogP contribution is 2.22. The summed E-state index contributed by atoms with van der Waals surface area (Å²) in [7, 11) is 0. The summed E-state index contributed by atoms with van der Waals surface area (Å²) in [5.74, 6) is 1.05. The quantitative estimate of drug-likeness (QED) is 0.766. The third kappa shape index (κ3) is 2.75. The molecule has 1 N–H and O–H groups in total. The van der Waals surface area contributed by atoms with Crippen molar-refractivity contribution >= 4 is 17.0 Å². The Labute approximate surface area is 122 Å². The van der Waals surface area contributed by atoms with Crippen LogP contribution in [0.5, 0.6) is 0 Å². The van der Waals surface area contributed by atoms with Crippen molar-refractivity contribution in [1.82, 2.24) is 9.55 Å². The Morgan fingerprint density at radius 2 is 2.10 bits per heavy atom. The molecule has 0 unspecified atom stereocenters. The van der Waals surface area contributed by atoms with Crippen LogP contribution in [-0.2, 0) is 6.54 Å². The molecule has 0 saturated carbocycles. The van der Waals surface area contributed by atoms with Crippen molar-refractivity contribution in [1.29, 1.82) is 0 Å². The van der Waals surface area contributed by atoms with Crippen LogP contribution in [0.15, 0.2) is 54.2 Å². The minimum atomic E-state index is 0.888. The zero-order chi connectivity index (χ0) is 13.8. The van der Waals surface area contributed by atoms with Gasteiger partial charge in [-0.2, -0.15) is 0 Å². The minimum Gasteiger partial charge on any atom is -0.383 e. The molecule has 0 spiro atoms. The van der Waals surface area contributed by atoms with E-state index in [0.717, 1.165) is 18.9 Å². The van der Waals surface area contributed by atoms with E-state index in [9.17, 15) is 0 Å². The second kappa shape index (κ2) is 5.92. The van der Waals surface area contributed by atoms with Gasteiger partial charge in [0.25, 0.3) is 0 Å². The fraction of sp³-hybridized carbons (Fsp3) is 0.188. The van der Waals surface area contributed by atoms with E-state index < -0.39 is 0 Å². The Hall–Kier alpha value is -2.07. The lowest BCUT2D eigenvalue weighted by Crippen LogP contribution is -2.11. The van der Waals surface area contributed by atoms with E-state index in [0.29, 0.717) is 0 Å². The highest BCUT2D eigenvalue weighted by molar-refractivity contribution is 7.13. The maximum absolute atomic E-state index is 4.45. The van der Waals surface area contributed by atoms with Gasteiger partial charge in [0.2, 0.25) is 0 Å². The SMILES string of the molecule is Cc1ccccc1NCCn1ccnc1-c1cccs1. The predicted octanol–water partition coefficient (Wildman–Crippen LogP) is 4.03. The molecular weight excluding hydrogens is 266 g/mol. The number of para-hydroxylation sites is 1. The van der Waals surface area contributed by atoms with Crippen LogP contribution >= 0.6 is 11.3 Å². The van der Waals surface area contributed by atoms with E-state index in [2.05, 4.69) is 63.6 Å². The molecule has 0 saturated heterocycles. The van der Waals surface area contributed by atoms with Crippen molar-refractivity contribution in [2.75, 3.05) is 11.9 Å². The number of aryl methyl sites for hydroxylation is 1. The van der Waals surface area contributed by atoms with Gasteiger partial charge in [0.05, 0.1) is 4.88 Å². The topological polar surface area (TPSA) is 29.9 Å². The summed E-state index contributed by atoms with van der Waals surface area (Å²) in [4.78, 5) is 5.66. The molecule has 102 valence electrons. The summed E-state index contributed by atoms with van der Waals surface area (Å²) in [5, 5.41) is 5.56. The first kappa shape index (κ1) is 12.9. The van der Waals surface area contributed by atoms with E-state index >= 15 is 0 Å². The molecule has 0 aliphatic heterocycles. The van der Waals surface area contributed by atoms with Crippen molar-refractivity contribution in [3.63, 3.8) is 0 Å². The summed E-state index contributed by atoms with van der Waals surface area (Å²) in [6.45, 7) is 3.91. The highest BCUT2D eigenvalue weighted by atomic mass is 32.1. The smallest absolute Gasteiger partial charge is 0.150 e. The molecule has 2 aromatic heterocycles. The molecule has 0 radical (unpaired) electrons. The first-order valence-electron chi connectivity index (χ1n) is 6.69. The molecule has 4 heteroatoms. The van der Waals surface area contributed by atoms with Crippen molar-refractivity contribution in [3.8, 4) is 10.7 Å². The van der Waals surface area contributed by atoms with E-state index in [-0.39, 0.29) is 0 Å². The van der Waals surface area contributed by atoms with Crippen LogP contribution in [0.2, 0.25) is 0 Å². The van der Waals surface area contributed by atoms with Crippen molar-refractivity contribution in [3.05, 3.63) is 59.7 Å². The van der Waals surface area contributed by atoms with Crippen LogP contribution in [0.4, 0.5) is 5.69 Å². The van der Waals surface area contributed by atoms with E-state index in [4.69, 9.17) is 0 Å². The molecular formula is C16H17N3S. The number of hydrogen-bond donors (Lipinski definition) is 1. The summed E-state index contributed by atoms with van der Waals surface area (Å²) in [6.07, 6.45) is 3.90. The molecule has 0 amide bonds. The molecule has 0 atom stereocenters. The number of aromatic nitrogens is 2. The number of nitrogens with one attached hydrogen (secondary N) is 1. The maximum Gasteiger partial charge on any atom is 0.150 e. The third-order valence-corrected chi connectivity index (χ3v) is 4.14. The number of hydrogen-bond acceptors (Lipinski definition) is 3. The molecule has 0 aliphatic rings. The van der Waals surface area contributed by atoms with Crippen molar-refractivity contribution in [2.24, 2.45) is 0 Å². The standard InChI is InChI=1S/C16H17N3S/c1-13-5-2-3-6-14(13)17-8-10-19-11-9-18-16(19)15-7-4-12-20-15/h2-7,9,11-12,17H,8,10H2,1H3. The minimum absolute atomic E-state index is 0.888. The number of benzene rings is 1. The normalized spacial score (nSPS) is 10.7. The van der Waals surface area contributed by atoms with E-state index in [1.165, 1.54) is 16.1 Å². The third-order valence-electron chi connectivity index (χ3n) is 3.27. The summed E-state index contributed by atoms with van der Waals surface area (Å²) in [5.41, 5.74) is 2.47. The molecule has 1 aromatic carbocycles. The molecule has 3 aromatic rings. The van der Waals surface area contributed by atoms with Gasteiger partial charge in [-0.1, -0.05) is 24.3 Å². The molecule has 3 nitrogen and oxygen atoms in total. The van der Waals surface area contributed by atoms with Gasteiger partial charge in [0, 0.05) is 31.2 Å². The first-order chi connectivity index (χ1) is 9.84. The summed E-state index contributed by atoms with van der Waals surface area (Å²) in [6, 6.07) is 12.5. The summed E-state index contributed by atoms with van der Waals surface area (Å²) >= 11 is 1.72. The zero-order valence-electron chi connectivity index (χ0n) is 11.4. The average molecular weight is 283 g/mol. The van der Waals surface area contributed by atoms with Crippen LogP contribution in [0.1, 0.15) is 5.56 Å². The summed E-state index contributed by atoms with van der Waals surface area (Å²) < 4.78 is 2.19. The van der Waals surface area contributed by atoms with Gasteiger partial charge in [0.1, 0.15) is 5.82 Å². The molecule has 2 heterocycles. The number of anilines is 1. The van der Waals surface area contributed by atoms with E-state index in [1.807, 2.05) is 12.4 Å². The van der Waals surface area contributed by atoms with Gasteiger partial charge in [-0.15, -0.1) is 11.3 Å². The number of rotatable bonds is 5. The largest absolute Gasteiger partial charge is 0.383 e. The second-order valence-corrected chi connectivity index (χ2v) is 5.61. The molecule has 0 fully saturated rings. The van der Waals surface area contributed by atoms with Gasteiger partial charge < -0.3 is 9.88 Å². The van der Waals surface area contributed by atoms with Gasteiger partial charge in [-0.3, -0.25) is 0 Å². The highest BCUT2D eigenvalue weighted by Gasteiger charge is 2.06. The average Bonchev–Trinajstić information content (AvgIpc) is 3.11. The predicted molar refractivity (Wildman–Crippen MR) is 85.2 cm³/mol. The zero-order valence-corrected chi connectivity index (χ0v) is 12.2. The van der Waals surface area contributed by atoms with Gasteiger partial charge in [0.15, 0.2) is 0 Å². The van der Waals surface area contributed by atoms with Gasteiger partial charge in [-0.25, -0.2) is 4.98 Å². The number of imidazole rings is 1. The van der Waals surface area contributed by atoms with Crippen LogP contribution in [0.25, 0.3) is 10.7 Å². The maximum atomic E-state index is 4.45.